The smallest absolute Gasteiger partial charge is 0.265 e. The Labute approximate surface area is 157 Å². The number of piperidine rings is 1. The minimum absolute atomic E-state index is 0.128. The SMILES string of the molecule is Cc1nc(C)c(C(=O)N2CCC(COCc3ccc(Cl)cc3)CC2)s1. The number of rotatable bonds is 5. The van der Waals surface area contributed by atoms with Gasteiger partial charge in [0, 0.05) is 24.7 Å². The largest absolute Gasteiger partial charge is 0.376 e. The van der Waals surface area contributed by atoms with Crippen LogP contribution in [-0.2, 0) is 11.3 Å². The monoisotopic (exact) mass is 378 g/mol. The molecule has 6 heteroatoms. The molecule has 0 bridgehead atoms. The van der Waals surface area contributed by atoms with Gasteiger partial charge in [-0.05, 0) is 50.3 Å². The quantitative estimate of drug-likeness (QED) is 0.770. The zero-order valence-electron chi connectivity index (χ0n) is 14.6. The van der Waals surface area contributed by atoms with Crippen LogP contribution in [0.2, 0.25) is 5.02 Å². The summed E-state index contributed by atoms with van der Waals surface area (Å²) in [5.74, 6) is 0.643. The Morgan fingerprint density at radius 1 is 1.28 bits per heavy atom. The minimum Gasteiger partial charge on any atom is -0.376 e. The third-order valence-corrected chi connectivity index (χ3v) is 5.85. The standard InChI is InChI=1S/C19H23ClN2O2S/c1-13-18(25-14(2)21-13)19(23)22-9-7-16(8-10-22)12-24-11-15-3-5-17(20)6-4-15/h3-6,16H,7-12H2,1-2H3. The molecule has 1 saturated heterocycles. The van der Waals surface area contributed by atoms with Gasteiger partial charge in [-0.15, -0.1) is 11.3 Å². The van der Waals surface area contributed by atoms with Crippen molar-refractivity contribution in [3.63, 3.8) is 0 Å². The van der Waals surface area contributed by atoms with E-state index in [9.17, 15) is 4.79 Å². The molecule has 0 spiro atoms. The van der Waals surface area contributed by atoms with E-state index in [1.54, 1.807) is 0 Å². The van der Waals surface area contributed by atoms with Crippen LogP contribution in [0.5, 0.6) is 0 Å². The lowest BCUT2D eigenvalue weighted by molar-refractivity contribution is 0.0481. The highest BCUT2D eigenvalue weighted by molar-refractivity contribution is 7.13. The second-order valence-electron chi connectivity index (χ2n) is 6.52. The average molecular weight is 379 g/mol. The maximum atomic E-state index is 12.6. The molecule has 1 aliphatic rings. The van der Waals surface area contributed by atoms with Gasteiger partial charge in [-0.2, -0.15) is 0 Å². The molecule has 134 valence electrons. The van der Waals surface area contributed by atoms with Crippen LogP contribution in [0.15, 0.2) is 24.3 Å². The molecule has 0 radical (unpaired) electrons. The maximum absolute atomic E-state index is 12.6. The van der Waals surface area contributed by atoms with Crippen LogP contribution in [-0.4, -0.2) is 35.5 Å². The van der Waals surface area contributed by atoms with E-state index < -0.39 is 0 Å². The predicted molar refractivity (Wildman–Crippen MR) is 101 cm³/mol. The summed E-state index contributed by atoms with van der Waals surface area (Å²) in [5.41, 5.74) is 1.98. The van der Waals surface area contributed by atoms with Crippen molar-refractivity contribution >= 4 is 28.8 Å². The number of hydrogen-bond donors (Lipinski definition) is 0. The second kappa shape index (κ2) is 8.30. The maximum Gasteiger partial charge on any atom is 0.265 e. The Kier molecular flexibility index (Phi) is 6.10. The van der Waals surface area contributed by atoms with Gasteiger partial charge in [-0.3, -0.25) is 4.79 Å². The minimum atomic E-state index is 0.128. The van der Waals surface area contributed by atoms with Crippen LogP contribution in [0.1, 0.15) is 38.8 Å². The fraction of sp³-hybridized carbons (Fsp3) is 0.474. The van der Waals surface area contributed by atoms with Crippen LogP contribution in [0.4, 0.5) is 0 Å². The first-order valence-electron chi connectivity index (χ1n) is 8.58. The normalized spacial score (nSPS) is 15.6. The Morgan fingerprint density at radius 2 is 1.96 bits per heavy atom. The highest BCUT2D eigenvalue weighted by Crippen LogP contribution is 2.24. The lowest BCUT2D eigenvalue weighted by Crippen LogP contribution is -2.39. The molecule has 2 aromatic rings. The van der Waals surface area contributed by atoms with Crippen molar-refractivity contribution in [2.24, 2.45) is 5.92 Å². The predicted octanol–water partition coefficient (Wildman–Crippen LogP) is 4.48. The van der Waals surface area contributed by atoms with Crippen LogP contribution in [0, 0.1) is 19.8 Å². The van der Waals surface area contributed by atoms with Gasteiger partial charge in [0.25, 0.3) is 5.91 Å². The highest BCUT2D eigenvalue weighted by Gasteiger charge is 2.26. The summed E-state index contributed by atoms with van der Waals surface area (Å²) in [6.45, 7) is 6.79. The first kappa shape index (κ1) is 18.4. The number of likely N-dealkylation sites (tertiary alicyclic amines) is 1. The van der Waals surface area contributed by atoms with Gasteiger partial charge in [-0.25, -0.2) is 4.98 Å². The van der Waals surface area contributed by atoms with Crippen molar-refractivity contribution in [3.05, 3.63) is 50.4 Å². The third-order valence-electron chi connectivity index (χ3n) is 4.54. The zero-order chi connectivity index (χ0) is 17.8. The van der Waals surface area contributed by atoms with Gasteiger partial charge in [0.15, 0.2) is 0 Å². The number of thiazole rings is 1. The van der Waals surface area contributed by atoms with Crippen molar-refractivity contribution in [2.45, 2.75) is 33.3 Å². The number of benzene rings is 1. The fourth-order valence-electron chi connectivity index (χ4n) is 3.10. The van der Waals surface area contributed by atoms with E-state index in [0.29, 0.717) is 12.5 Å². The summed E-state index contributed by atoms with van der Waals surface area (Å²) in [7, 11) is 0. The van der Waals surface area contributed by atoms with Crippen LogP contribution >= 0.6 is 22.9 Å². The molecule has 1 amide bonds. The average Bonchev–Trinajstić information content (AvgIpc) is 2.95. The molecule has 0 atom stereocenters. The molecule has 0 saturated carbocycles. The molecule has 0 aliphatic carbocycles. The van der Waals surface area contributed by atoms with E-state index in [-0.39, 0.29) is 5.91 Å². The van der Waals surface area contributed by atoms with E-state index in [1.807, 2.05) is 43.0 Å². The Morgan fingerprint density at radius 3 is 2.56 bits per heavy atom. The number of nitrogens with zero attached hydrogens (tertiary/aromatic N) is 2. The lowest BCUT2D eigenvalue weighted by atomic mass is 9.97. The van der Waals surface area contributed by atoms with E-state index >= 15 is 0 Å². The molecular formula is C19H23ClN2O2S. The summed E-state index contributed by atoms with van der Waals surface area (Å²) in [6, 6.07) is 7.74. The fourth-order valence-corrected chi connectivity index (χ4v) is 4.11. The van der Waals surface area contributed by atoms with Gasteiger partial charge in [0.2, 0.25) is 0 Å². The number of halogens is 1. The van der Waals surface area contributed by atoms with Crippen molar-refractivity contribution in [3.8, 4) is 0 Å². The van der Waals surface area contributed by atoms with E-state index in [4.69, 9.17) is 16.3 Å². The second-order valence-corrected chi connectivity index (χ2v) is 8.16. The topological polar surface area (TPSA) is 42.4 Å². The van der Waals surface area contributed by atoms with Gasteiger partial charge < -0.3 is 9.64 Å². The molecule has 1 aromatic carbocycles. The molecule has 25 heavy (non-hydrogen) atoms. The lowest BCUT2D eigenvalue weighted by Gasteiger charge is -2.31. The van der Waals surface area contributed by atoms with Crippen LogP contribution < -0.4 is 0 Å². The number of aromatic nitrogens is 1. The number of amides is 1. The summed E-state index contributed by atoms with van der Waals surface area (Å²) < 4.78 is 5.85. The van der Waals surface area contributed by atoms with Gasteiger partial charge in [0.1, 0.15) is 4.88 Å². The van der Waals surface area contributed by atoms with Gasteiger partial charge in [-0.1, -0.05) is 23.7 Å². The first-order valence-corrected chi connectivity index (χ1v) is 9.78. The molecule has 2 heterocycles. The molecule has 1 aromatic heterocycles. The highest BCUT2D eigenvalue weighted by atomic mass is 35.5. The number of carbonyl (C=O) groups is 1. The Hall–Kier alpha value is -1.43. The van der Waals surface area contributed by atoms with Crippen molar-refractivity contribution in [1.82, 2.24) is 9.88 Å². The molecular weight excluding hydrogens is 356 g/mol. The first-order chi connectivity index (χ1) is 12.0. The van der Waals surface area contributed by atoms with Crippen LogP contribution in [0.25, 0.3) is 0 Å². The van der Waals surface area contributed by atoms with E-state index in [1.165, 1.54) is 11.3 Å². The van der Waals surface area contributed by atoms with Crippen molar-refractivity contribution < 1.29 is 9.53 Å². The van der Waals surface area contributed by atoms with Crippen molar-refractivity contribution in [2.75, 3.05) is 19.7 Å². The number of carbonyl (C=O) groups excluding carboxylic acids is 1. The molecule has 3 rings (SSSR count). The van der Waals surface area contributed by atoms with Crippen molar-refractivity contribution in [1.29, 1.82) is 0 Å². The third kappa shape index (κ3) is 4.81. The molecule has 1 fully saturated rings. The van der Waals surface area contributed by atoms with Crippen LogP contribution in [0.3, 0.4) is 0 Å². The zero-order valence-corrected chi connectivity index (χ0v) is 16.2. The molecule has 1 aliphatic heterocycles. The molecule has 0 N–H and O–H groups in total. The van der Waals surface area contributed by atoms with E-state index in [0.717, 1.165) is 58.7 Å². The summed E-state index contributed by atoms with van der Waals surface area (Å²) in [6.07, 6.45) is 1.98. The Balaban J connectivity index is 1.43. The van der Waals surface area contributed by atoms with E-state index in [2.05, 4.69) is 4.98 Å². The van der Waals surface area contributed by atoms with Gasteiger partial charge >= 0.3 is 0 Å². The summed E-state index contributed by atoms with van der Waals surface area (Å²) in [5, 5.41) is 1.69. The van der Waals surface area contributed by atoms with Gasteiger partial charge in [0.05, 0.1) is 17.3 Å². The Bertz CT molecular complexity index is 722. The summed E-state index contributed by atoms with van der Waals surface area (Å²) >= 11 is 7.38. The molecule has 0 unspecified atom stereocenters. The number of hydrogen-bond acceptors (Lipinski definition) is 4. The summed E-state index contributed by atoms with van der Waals surface area (Å²) in [4.78, 5) is 19.7. The number of ether oxygens (including phenoxy) is 1. The number of aryl methyl sites for hydroxylation is 2. The molecule has 4 nitrogen and oxygen atoms in total.